The number of hydrogen-bond acceptors (Lipinski definition) is 9. The lowest BCUT2D eigenvalue weighted by Gasteiger charge is -2.26. The van der Waals surface area contributed by atoms with E-state index in [-0.39, 0.29) is 30.7 Å². The third-order valence-electron chi connectivity index (χ3n) is 3.02. The molecule has 0 fully saturated rings. The number of aromatic nitrogens is 3. The van der Waals surface area contributed by atoms with Crippen molar-refractivity contribution in [1.29, 1.82) is 0 Å². The number of nitrogens with zero attached hydrogens (tertiary/aromatic N) is 2. The zero-order chi connectivity index (χ0) is 16.0. The monoisotopic (exact) mass is 305 g/mol. The summed E-state index contributed by atoms with van der Waals surface area (Å²) in [6.45, 7) is -0.0994. The first kappa shape index (κ1) is 17.6. The van der Waals surface area contributed by atoms with Gasteiger partial charge in [0.2, 0.25) is 0 Å². The van der Waals surface area contributed by atoms with E-state index in [1.807, 2.05) is 0 Å². The molecule has 0 aromatic carbocycles. The maximum absolute atomic E-state index is 10.3. The Balaban J connectivity index is 2.79. The molecule has 7 N–H and O–H groups in total. The number of H-pyrrole nitrogens is 1. The second-order valence-electron chi connectivity index (χ2n) is 4.53. The van der Waals surface area contributed by atoms with E-state index in [9.17, 15) is 25.2 Å². The molecule has 0 bridgehead atoms. The van der Waals surface area contributed by atoms with E-state index in [0.717, 1.165) is 0 Å². The highest BCUT2D eigenvalue weighted by molar-refractivity contribution is 5.56. The molecule has 0 saturated heterocycles. The number of nitrogens with one attached hydrogen (secondary N) is 1. The molecule has 1 aromatic heterocycles. The molecule has 1 heterocycles. The topological polar surface area (TPSA) is 180 Å². The average molecular weight is 305 g/mol. The Kier molecular flexibility index (Phi) is 6.81. The molecule has 0 saturated carbocycles. The van der Waals surface area contributed by atoms with E-state index >= 15 is 0 Å². The fourth-order valence-corrected chi connectivity index (χ4v) is 1.76. The zero-order valence-electron chi connectivity index (χ0n) is 11.1. The first-order valence-electron chi connectivity index (χ1n) is 6.30. The molecule has 0 aliphatic heterocycles. The molecule has 0 spiro atoms. The number of carbonyl (C=O) groups is 1. The van der Waals surface area contributed by atoms with Crippen LogP contribution in [0.2, 0.25) is 0 Å². The third kappa shape index (κ3) is 4.27. The van der Waals surface area contributed by atoms with E-state index in [0.29, 0.717) is 6.42 Å². The molecular weight excluding hydrogens is 286 g/mol. The van der Waals surface area contributed by atoms with Gasteiger partial charge in [0.1, 0.15) is 36.2 Å². The SMILES string of the molecule is O=C[C@H](O)[C@@H](O)[C@H](O)[C@H](O)C(O)c1n[nH]nc1CCCO. The van der Waals surface area contributed by atoms with Gasteiger partial charge in [-0.1, -0.05) is 0 Å². The first-order valence-corrected chi connectivity index (χ1v) is 6.30. The van der Waals surface area contributed by atoms with Crippen LogP contribution in [0.1, 0.15) is 23.9 Å². The van der Waals surface area contributed by atoms with Gasteiger partial charge < -0.3 is 35.4 Å². The van der Waals surface area contributed by atoms with Gasteiger partial charge in [-0.05, 0) is 12.8 Å². The van der Waals surface area contributed by atoms with Gasteiger partial charge in [0.25, 0.3) is 0 Å². The highest BCUT2D eigenvalue weighted by Gasteiger charge is 2.36. The lowest BCUT2D eigenvalue weighted by atomic mass is 9.96. The van der Waals surface area contributed by atoms with Crippen molar-refractivity contribution in [3.05, 3.63) is 11.4 Å². The van der Waals surface area contributed by atoms with Gasteiger partial charge in [0.05, 0.1) is 5.69 Å². The van der Waals surface area contributed by atoms with E-state index < -0.39 is 30.5 Å². The van der Waals surface area contributed by atoms with Crippen molar-refractivity contribution in [2.45, 2.75) is 43.4 Å². The number of rotatable bonds is 9. The summed E-state index contributed by atoms with van der Waals surface area (Å²) in [4.78, 5) is 10.3. The van der Waals surface area contributed by atoms with Gasteiger partial charge >= 0.3 is 0 Å². The summed E-state index contributed by atoms with van der Waals surface area (Å²) in [7, 11) is 0. The molecular formula is C11H19N3O7. The number of aliphatic hydroxyl groups excluding tert-OH is 6. The van der Waals surface area contributed by atoms with E-state index in [2.05, 4.69) is 15.4 Å². The zero-order valence-corrected chi connectivity index (χ0v) is 11.1. The van der Waals surface area contributed by atoms with Gasteiger partial charge in [0, 0.05) is 6.61 Å². The van der Waals surface area contributed by atoms with Gasteiger partial charge in [-0.3, -0.25) is 0 Å². The summed E-state index contributed by atoms with van der Waals surface area (Å²) >= 11 is 0. The van der Waals surface area contributed by atoms with Crippen molar-refractivity contribution in [3.8, 4) is 0 Å². The van der Waals surface area contributed by atoms with Crippen LogP contribution in [-0.4, -0.2) is 83.4 Å². The third-order valence-corrected chi connectivity index (χ3v) is 3.02. The molecule has 10 heteroatoms. The number of aldehydes is 1. The molecule has 10 nitrogen and oxygen atoms in total. The minimum Gasteiger partial charge on any atom is -0.396 e. The van der Waals surface area contributed by atoms with Gasteiger partial charge in [-0.25, -0.2) is 0 Å². The number of hydrogen-bond donors (Lipinski definition) is 7. The lowest BCUT2D eigenvalue weighted by Crippen LogP contribution is -2.47. The van der Waals surface area contributed by atoms with E-state index in [1.54, 1.807) is 0 Å². The molecule has 0 aliphatic rings. The van der Waals surface area contributed by atoms with Crippen LogP contribution < -0.4 is 0 Å². The summed E-state index contributed by atoms with van der Waals surface area (Å²) in [6, 6.07) is 0. The Morgan fingerprint density at radius 2 is 1.71 bits per heavy atom. The van der Waals surface area contributed by atoms with E-state index in [1.165, 1.54) is 0 Å². The fraction of sp³-hybridized carbons (Fsp3) is 0.727. The van der Waals surface area contributed by atoms with Crippen LogP contribution in [0.5, 0.6) is 0 Å². The van der Waals surface area contributed by atoms with Crippen molar-refractivity contribution in [3.63, 3.8) is 0 Å². The highest BCUT2D eigenvalue weighted by Crippen LogP contribution is 2.22. The average Bonchev–Trinajstić information content (AvgIpc) is 2.97. The van der Waals surface area contributed by atoms with Crippen molar-refractivity contribution < 1.29 is 35.4 Å². The molecule has 1 aromatic rings. The Hall–Kier alpha value is -1.43. The lowest BCUT2D eigenvalue weighted by molar-refractivity contribution is -0.145. The second-order valence-corrected chi connectivity index (χ2v) is 4.53. The van der Waals surface area contributed by atoms with Crippen LogP contribution >= 0.6 is 0 Å². The molecule has 0 amide bonds. The summed E-state index contributed by atoms with van der Waals surface area (Å²) in [5.41, 5.74) is 0.232. The van der Waals surface area contributed by atoms with Crippen LogP contribution in [0.25, 0.3) is 0 Å². The van der Waals surface area contributed by atoms with Crippen molar-refractivity contribution >= 4 is 6.29 Å². The standard InChI is InChI=1S/C11H19N3O7/c15-3-1-2-5-7(13-14-12-5)9(19)11(21)10(20)8(18)6(17)4-16/h4,6,8-11,15,17-21H,1-3H2,(H,12,13,14)/t6-,8+,9?,10-,11+/m0/s1. The van der Waals surface area contributed by atoms with Crippen LogP contribution in [0.4, 0.5) is 0 Å². The fourth-order valence-electron chi connectivity index (χ4n) is 1.76. The van der Waals surface area contributed by atoms with Crippen LogP contribution in [0.15, 0.2) is 0 Å². The number of aliphatic hydroxyl groups is 6. The maximum Gasteiger partial charge on any atom is 0.151 e. The van der Waals surface area contributed by atoms with Gasteiger partial charge in [0.15, 0.2) is 6.29 Å². The molecule has 1 rings (SSSR count). The number of aromatic amines is 1. The van der Waals surface area contributed by atoms with Gasteiger partial charge in [-0.2, -0.15) is 15.4 Å². The molecule has 0 radical (unpaired) electrons. The highest BCUT2D eigenvalue weighted by atomic mass is 16.4. The van der Waals surface area contributed by atoms with Crippen molar-refractivity contribution in [2.75, 3.05) is 6.61 Å². The van der Waals surface area contributed by atoms with Crippen molar-refractivity contribution in [1.82, 2.24) is 15.4 Å². The predicted octanol–water partition coefficient (Wildman–Crippen LogP) is -3.59. The van der Waals surface area contributed by atoms with Crippen LogP contribution in [-0.2, 0) is 11.2 Å². The molecule has 120 valence electrons. The Morgan fingerprint density at radius 1 is 1.05 bits per heavy atom. The Morgan fingerprint density at radius 3 is 2.29 bits per heavy atom. The van der Waals surface area contributed by atoms with Crippen LogP contribution in [0.3, 0.4) is 0 Å². The molecule has 1 unspecified atom stereocenters. The number of carbonyl (C=O) groups excluding carboxylic acids is 1. The smallest absolute Gasteiger partial charge is 0.151 e. The first-order chi connectivity index (χ1) is 9.93. The van der Waals surface area contributed by atoms with Gasteiger partial charge in [-0.15, -0.1) is 0 Å². The maximum atomic E-state index is 10.3. The minimum atomic E-state index is -1.97. The van der Waals surface area contributed by atoms with Crippen LogP contribution in [0, 0.1) is 0 Å². The minimum absolute atomic E-state index is 0.00420. The van der Waals surface area contributed by atoms with E-state index in [4.69, 9.17) is 10.2 Å². The summed E-state index contributed by atoms with van der Waals surface area (Å²) in [5.74, 6) is 0. The van der Waals surface area contributed by atoms with Crippen molar-refractivity contribution in [2.24, 2.45) is 0 Å². The molecule has 0 aliphatic carbocycles. The predicted molar refractivity (Wildman–Crippen MR) is 66.8 cm³/mol. The Bertz CT molecular complexity index is 441. The molecule has 21 heavy (non-hydrogen) atoms. The summed E-state index contributed by atoms with van der Waals surface area (Å²) < 4.78 is 0. The second kappa shape index (κ2) is 8.12. The Labute approximate surface area is 119 Å². The quantitative estimate of drug-likeness (QED) is 0.227. The normalized spacial score (nSPS) is 18.8. The molecule has 5 atom stereocenters. The number of aryl methyl sites for hydroxylation is 1. The summed E-state index contributed by atoms with van der Waals surface area (Å²) in [6.07, 6.45) is -8.78. The summed E-state index contributed by atoms with van der Waals surface area (Å²) in [5, 5.41) is 66.3. The largest absolute Gasteiger partial charge is 0.396 e.